The van der Waals surface area contributed by atoms with E-state index in [9.17, 15) is 9.59 Å². The zero-order valence-corrected chi connectivity index (χ0v) is 16.7. The lowest BCUT2D eigenvalue weighted by Crippen LogP contribution is -2.31. The fourth-order valence-electron chi connectivity index (χ4n) is 1.50. The molecule has 0 fully saturated rings. The van der Waals surface area contributed by atoms with Crippen LogP contribution in [-0.2, 0) is 11.3 Å². The van der Waals surface area contributed by atoms with E-state index in [1.54, 1.807) is 24.3 Å². The maximum Gasteiger partial charge on any atom is 0.519 e. The van der Waals surface area contributed by atoms with Crippen molar-refractivity contribution in [3.05, 3.63) is 52.0 Å². The van der Waals surface area contributed by atoms with Crippen LogP contribution < -0.4 is 16.9 Å². The summed E-state index contributed by atoms with van der Waals surface area (Å²) in [6.07, 6.45) is -0.847. The van der Waals surface area contributed by atoms with Crippen molar-refractivity contribution in [2.45, 2.75) is 48.1 Å². The molecule has 8 nitrogen and oxygen atoms in total. The third-order valence-corrected chi connectivity index (χ3v) is 2.60. The van der Waals surface area contributed by atoms with Gasteiger partial charge in [0.2, 0.25) is 0 Å². The molecule has 1 aromatic heterocycles. The van der Waals surface area contributed by atoms with E-state index in [1.165, 1.54) is 6.92 Å². The van der Waals surface area contributed by atoms with Crippen LogP contribution in [0, 0.1) is 18.3 Å². The monoisotopic (exact) mass is 379 g/mol. The number of anilines is 1. The lowest BCUT2D eigenvalue weighted by Gasteiger charge is -2.07. The van der Waals surface area contributed by atoms with Crippen LogP contribution in [0.15, 0.2) is 37.9 Å². The molecule has 0 aliphatic heterocycles. The molecule has 1 heterocycles. The molecule has 2 rings (SSSR count). The van der Waals surface area contributed by atoms with Gasteiger partial charge in [-0.3, -0.25) is 10.7 Å². The summed E-state index contributed by atoms with van der Waals surface area (Å²) >= 11 is 0. The van der Waals surface area contributed by atoms with Crippen LogP contribution in [0.3, 0.4) is 0 Å². The Morgan fingerprint density at radius 2 is 1.70 bits per heavy atom. The Labute approximate surface area is 159 Å². The van der Waals surface area contributed by atoms with Crippen LogP contribution >= 0.6 is 0 Å². The Balaban J connectivity index is 0.000000998. The third-order valence-electron chi connectivity index (χ3n) is 2.60. The molecule has 0 saturated carbocycles. The Morgan fingerprint density at radius 1 is 1.19 bits per heavy atom. The van der Waals surface area contributed by atoms with Gasteiger partial charge in [0.05, 0.1) is 0 Å². The predicted octanol–water partition coefficient (Wildman–Crippen LogP) is 4.06. The third kappa shape index (κ3) is 9.88. The molecular formula is C19H29N3O5. The van der Waals surface area contributed by atoms with Crippen LogP contribution in [0.2, 0.25) is 0 Å². The van der Waals surface area contributed by atoms with Crippen molar-refractivity contribution >= 4 is 17.6 Å². The van der Waals surface area contributed by atoms with Crippen molar-refractivity contribution in [3.63, 3.8) is 0 Å². The number of aryl methyl sites for hydroxylation is 1. The number of carbonyl (C=O) groups excluding carboxylic acids is 1. The van der Waals surface area contributed by atoms with Crippen LogP contribution in [0.5, 0.6) is 0 Å². The van der Waals surface area contributed by atoms with Gasteiger partial charge in [-0.1, -0.05) is 34.6 Å². The number of nitrogens with one attached hydrogen (secondary N) is 2. The first kappa shape index (κ1) is 24.0. The fourth-order valence-corrected chi connectivity index (χ4v) is 1.50. The highest BCUT2D eigenvalue weighted by Crippen LogP contribution is 2.07. The molecule has 1 amide bonds. The SMILES string of the molecule is CC.CC(C)C.Cc1oc(=O)oc1COC(=O)NC(=N)c1ccc(N)cc1. The Morgan fingerprint density at radius 3 is 2.15 bits per heavy atom. The molecule has 0 radical (unpaired) electrons. The maximum atomic E-state index is 11.5. The summed E-state index contributed by atoms with van der Waals surface area (Å²) in [5.41, 5.74) is 6.56. The van der Waals surface area contributed by atoms with E-state index in [-0.39, 0.29) is 24.0 Å². The van der Waals surface area contributed by atoms with Gasteiger partial charge in [0.25, 0.3) is 0 Å². The summed E-state index contributed by atoms with van der Waals surface area (Å²) in [6, 6.07) is 6.41. The number of rotatable bonds is 3. The molecule has 0 aliphatic rings. The van der Waals surface area contributed by atoms with E-state index in [4.69, 9.17) is 15.9 Å². The minimum absolute atomic E-state index is 0.120. The van der Waals surface area contributed by atoms with Gasteiger partial charge in [-0.25, -0.2) is 9.59 Å². The zero-order chi connectivity index (χ0) is 21.0. The van der Waals surface area contributed by atoms with Gasteiger partial charge in [-0.05, 0) is 37.1 Å². The van der Waals surface area contributed by atoms with Crippen LogP contribution in [-0.4, -0.2) is 11.9 Å². The topological polar surface area (TPSA) is 132 Å². The summed E-state index contributed by atoms with van der Waals surface area (Å²) in [6.45, 7) is 11.7. The van der Waals surface area contributed by atoms with Gasteiger partial charge in [0, 0.05) is 11.3 Å². The number of alkyl carbamates (subject to hydrolysis) is 1. The van der Waals surface area contributed by atoms with Gasteiger partial charge >= 0.3 is 11.9 Å². The lowest BCUT2D eigenvalue weighted by atomic mass is 10.2. The van der Waals surface area contributed by atoms with E-state index >= 15 is 0 Å². The average molecular weight is 379 g/mol. The Hall–Kier alpha value is -3.03. The highest BCUT2D eigenvalue weighted by molar-refractivity contribution is 6.04. The summed E-state index contributed by atoms with van der Waals surface area (Å²) in [7, 11) is 0. The largest absolute Gasteiger partial charge is 0.519 e. The molecule has 0 saturated heterocycles. The highest BCUT2D eigenvalue weighted by Gasteiger charge is 2.12. The fraction of sp³-hybridized carbons (Fsp3) is 0.421. The second kappa shape index (κ2) is 12.3. The molecule has 8 heteroatoms. The second-order valence-electron chi connectivity index (χ2n) is 5.86. The number of nitrogen functional groups attached to an aromatic ring is 1. The summed E-state index contributed by atoms with van der Waals surface area (Å²) < 4.78 is 14.1. The van der Waals surface area contributed by atoms with Crippen molar-refractivity contribution < 1.29 is 18.4 Å². The number of hydrogen-bond donors (Lipinski definition) is 3. The molecule has 0 bridgehead atoms. The van der Waals surface area contributed by atoms with Gasteiger partial charge in [0.15, 0.2) is 18.1 Å². The normalized spacial score (nSPS) is 9.44. The molecule has 0 atom stereocenters. The molecule has 1 aromatic carbocycles. The summed E-state index contributed by atoms with van der Waals surface area (Å²) in [4.78, 5) is 22.3. The van der Waals surface area contributed by atoms with Crippen molar-refractivity contribution in [1.29, 1.82) is 5.41 Å². The number of benzene rings is 1. The molecule has 4 N–H and O–H groups in total. The molecular weight excluding hydrogens is 350 g/mol. The Kier molecular flexibility index (Phi) is 11.0. The van der Waals surface area contributed by atoms with E-state index in [1.807, 2.05) is 13.8 Å². The van der Waals surface area contributed by atoms with Crippen molar-refractivity contribution in [2.24, 2.45) is 5.92 Å². The smallest absolute Gasteiger partial charge is 0.441 e. The number of amides is 1. The molecule has 27 heavy (non-hydrogen) atoms. The quantitative estimate of drug-likeness (QED) is 0.418. The summed E-state index contributed by atoms with van der Waals surface area (Å²) in [5, 5.41) is 9.96. The van der Waals surface area contributed by atoms with Crippen molar-refractivity contribution in [3.8, 4) is 0 Å². The van der Waals surface area contributed by atoms with Crippen LogP contribution in [0.1, 0.15) is 51.7 Å². The first-order chi connectivity index (χ1) is 12.7. The van der Waals surface area contributed by atoms with E-state index in [0.717, 1.165) is 5.92 Å². The number of amidine groups is 1. The molecule has 2 aromatic rings. The number of ether oxygens (including phenoxy) is 1. The highest BCUT2D eigenvalue weighted by atomic mass is 16.6. The van der Waals surface area contributed by atoms with Crippen molar-refractivity contribution in [2.75, 3.05) is 5.73 Å². The van der Waals surface area contributed by atoms with Crippen LogP contribution in [0.25, 0.3) is 0 Å². The Bertz CT molecular complexity index is 758. The summed E-state index contributed by atoms with van der Waals surface area (Å²) in [5.74, 6) is 0.196. The number of hydrogen-bond acceptors (Lipinski definition) is 7. The van der Waals surface area contributed by atoms with Crippen LogP contribution in [0.4, 0.5) is 10.5 Å². The minimum Gasteiger partial charge on any atom is -0.441 e. The number of carbonyl (C=O) groups is 1. The van der Waals surface area contributed by atoms with E-state index in [0.29, 0.717) is 11.3 Å². The first-order valence-electron chi connectivity index (χ1n) is 8.66. The standard InChI is InChI=1S/C13H13N3O5.C4H10.C2H6/c1-7-10(21-13(18)20-7)6-19-12(17)16-11(15)8-2-4-9(14)5-3-8;1-4(2)3;1-2/h2-5H,6,14H2,1H3,(H2,15,16,17);4H,1-3H3;1-2H3. The van der Waals surface area contributed by atoms with E-state index < -0.39 is 11.9 Å². The minimum atomic E-state index is -0.860. The molecule has 0 spiro atoms. The first-order valence-corrected chi connectivity index (χ1v) is 8.66. The maximum absolute atomic E-state index is 11.5. The lowest BCUT2D eigenvalue weighted by molar-refractivity contribution is 0.135. The van der Waals surface area contributed by atoms with Crippen molar-refractivity contribution in [1.82, 2.24) is 5.32 Å². The molecule has 150 valence electrons. The van der Waals surface area contributed by atoms with E-state index in [2.05, 4.69) is 34.9 Å². The average Bonchev–Trinajstić information content (AvgIpc) is 2.92. The number of nitrogens with two attached hydrogens (primary N) is 1. The second-order valence-corrected chi connectivity index (χ2v) is 5.86. The predicted molar refractivity (Wildman–Crippen MR) is 105 cm³/mol. The molecule has 0 aliphatic carbocycles. The van der Waals surface area contributed by atoms with Gasteiger partial charge < -0.3 is 19.3 Å². The van der Waals surface area contributed by atoms with Gasteiger partial charge in [-0.2, -0.15) is 0 Å². The zero-order valence-electron chi connectivity index (χ0n) is 16.7. The molecule has 0 unspecified atom stereocenters. The van der Waals surface area contributed by atoms with Gasteiger partial charge in [-0.15, -0.1) is 0 Å². The van der Waals surface area contributed by atoms with Gasteiger partial charge in [0.1, 0.15) is 5.84 Å².